The highest BCUT2D eigenvalue weighted by molar-refractivity contribution is 7.89. The summed E-state index contributed by atoms with van der Waals surface area (Å²) in [6.07, 6.45) is 0.965. The number of benzene rings is 3. The minimum atomic E-state index is -3.60. The monoisotopic (exact) mass is 478 g/mol. The minimum Gasteiger partial charge on any atom is -0.497 e. The van der Waals surface area contributed by atoms with E-state index in [1.807, 2.05) is 61.5 Å². The van der Waals surface area contributed by atoms with Crippen LogP contribution in [0.2, 0.25) is 0 Å². The number of amides is 1. The third-order valence-electron chi connectivity index (χ3n) is 6.44. The molecule has 1 saturated heterocycles. The van der Waals surface area contributed by atoms with Crippen LogP contribution in [0.4, 0.5) is 0 Å². The van der Waals surface area contributed by atoms with E-state index in [2.05, 4.69) is 5.32 Å². The molecule has 0 aliphatic carbocycles. The molecule has 0 unspecified atom stereocenters. The summed E-state index contributed by atoms with van der Waals surface area (Å²) >= 11 is 0. The standard InChI is InChI=1S/C27H30N2O4S/c1-20-8-6-7-11-25(20)26(21-9-4-3-5-10-21)28-27(30)22-16-18-29(19-17-22)34(31,32)24-14-12-23(33-2)13-15-24/h3-15,22,26H,16-19H2,1-2H3,(H,28,30)/t26-/m1/s1. The number of piperidine rings is 1. The summed E-state index contributed by atoms with van der Waals surface area (Å²) < 4.78 is 32.7. The van der Waals surface area contributed by atoms with Crippen molar-refractivity contribution >= 4 is 15.9 Å². The molecule has 0 spiro atoms. The van der Waals surface area contributed by atoms with Gasteiger partial charge in [0.1, 0.15) is 5.75 Å². The molecule has 1 heterocycles. The Morgan fingerprint density at radius 3 is 2.18 bits per heavy atom. The summed E-state index contributed by atoms with van der Waals surface area (Å²) in [4.78, 5) is 13.5. The molecule has 1 atom stereocenters. The maximum absolute atomic E-state index is 13.3. The molecule has 0 radical (unpaired) electrons. The molecule has 3 aromatic carbocycles. The van der Waals surface area contributed by atoms with Gasteiger partial charge in [-0.1, -0.05) is 54.6 Å². The first-order chi connectivity index (χ1) is 16.4. The van der Waals surface area contributed by atoms with Crippen LogP contribution in [0.5, 0.6) is 5.75 Å². The van der Waals surface area contributed by atoms with Gasteiger partial charge in [0.2, 0.25) is 15.9 Å². The van der Waals surface area contributed by atoms with Crippen molar-refractivity contribution in [3.8, 4) is 5.75 Å². The van der Waals surface area contributed by atoms with Gasteiger partial charge in [0.15, 0.2) is 0 Å². The molecule has 0 bridgehead atoms. The van der Waals surface area contributed by atoms with E-state index in [-0.39, 0.29) is 22.8 Å². The first kappa shape index (κ1) is 24.0. The van der Waals surface area contributed by atoms with Crippen molar-refractivity contribution in [2.24, 2.45) is 5.92 Å². The highest BCUT2D eigenvalue weighted by atomic mass is 32.2. The largest absolute Gasteiger partial charge is 0.497 e. The minimum absolute atomic E-state index is 0.0430. The average Bonchev–Trinajstić information content (AvgIpc) is 2.88. The van der Waals surface area contributed by atoms with Crippen LogP contribution in [0, 0.1) is 12.8 Å². The van der Waals surface area contributed by atoms with Crippen molar-refractivity contribution in [1.29, 1.82) is 0 Å². The van der Waals surface area contributed by atoms with Crippen molar-refractivity contribution in [1.82, 2.24) is 9.62 Å². The lowest BCUT2D eigenvalue weighted by atomic mass is 9.92. The summed E-state index contributed by atoms with van der Waals surface area (Å²) in [5.41, 5.74) is 3.18. The quantitative estimate of drug-likeness (QED) is 0.549. The SMILES string of the molecule is COc1ccc(S(=O)(=O)N2CCC(C(=O)N[C@H](c3ccccc3)c3ccccc3C)CC2)cc1. The average molecular weight is 479 g/mol. The van der Waals surface area contributed by atoms with E-state index in [1.165, 1.54) is 4.31 Å². The highest BCUT2D eigenvalue weighted by Gasteiger charge is 2.33. The van der Waals surface area contributed by atoms with Crippen LogP contribution in [0.15, 0.2) is 83.8 Å². The molecule has 7 heteroatoms. The lowest BCUT2D eigenvalue weighted by Gasteiger charge is -2.32. The fourth-order valence-corrected chi connectivity index (χ4v) is 5.88. The molecule has 1 amide bonds. The lowest BCUT2D eigenvalue weighted by molar-refractivity contribution is -0.126. The zero-order valence-corrected chi connectivity index (χ0v) is 20.3. The molecular formula is C27H30N2O4S. The van der Waals surface area contributed by atoms with Crippen molar-refractivity contribution in [2.45, 2.75) is 30.7 Å². The predicted molar refractivity (Wildman–Crippen MR) is 132 cm³/mol. The number of hydrogen-bond acceptors (Lipinski definition) is 4. The number of methoxy groups -OCH3 is 1. The molecule has 34 heavy (non-hydrogen) atoms. The Kier molecular flexibility index (Phi) is 7.34. The van der Waals surface area contributed by atoms with Gasteiger partial charge in [-0.25, -0.2) is 8.42 Å². The van der Waals surface area contributed by atoms with E-state index >= 15 is 0 Å². The van der Waals surface area contributed by atoms with E-state index in [4.69, 9.17) is 4.74 Å². The topological polar surface area (TPSA) is 75.7 Å². The normalized spacial score (nSPS) is 16.1. The van der Waals surface area contributed by atoms with Crippen LogP contribution in [0.25, 0.3) is 0 Å². The number of ether oxygens (including phenoxy) is 1. The summed E-state index contributed by atoms with van der Waals surface area (Å²) in [7, 11) is -2.06. The van der Waals surface area contributed by atoms with E-state index in [1.54, 1.807) is 31.4 Å². The van der Waals surface area contributed by atoms with E-state index in [9.17, 15) is 13.2 Å². The number of hydrogen-bond donors (Lipinski definition) is 1. The third-order valence-corrected chi connectivity index (χ3v) is 8.35. The number of carbonyl (C=O) groups is 1. The number of aryl methyl sites for hydroxylation is 1. The first-order valence-electron chi connectivity index (χ1n) is 11.4. The van der Waals surface area contributed by atoms with Crippen LogP contribution >= 0.6 is 0 Å². The van der Waals surface area contributed by atoms with Gasteiger partial charge in [-0.3, -0.25) is 4.79 Å². The second kappa shape index (κ2) is 10.4. The van der Waals surface area contributed by atoms with E-state index < -0.39 is 10.0 Å². The molecule has 178 valence electrons. The molecule has 3 aromatic rings. The van der Waals surface area contributed by atoms with Gasteiger partial charge in [0.05, 0.1) is 18.0 Å². The Hall–Kier alpha value is -3.16. The van der Waals surface area contributed by atoms with Crippen molar-refractivity contribution in [2.75, 3.05) is 20.2 Å². The molecular weight excluding hydrogens is 448 g/mol. The van der Waals surface area contributed by atoms with E-state index in [0.29, 0.717) is 31.7 Å². The van der Waals surface area contributed by atoms with E-state index in [0.717, 1.165) is 16.7 Å². The van der Waals surface area contributed by atoms with Crippen LogP contribution < -0.4 is 10.1 Å². The van der Waals surface area contributed by atoms with Gasteiger partial charge in [0, 0.05) is 19.0 Å². The van der Waals surface area contributed by atoms with Gasteiger partial charge in [-0.15, -0.1) is 0 Å². The molecule has 1 N–H and O–H groups in total. The molecule has 4 rings (SSSR count). The summed E-state index contributed by atoms with van der Waals surface area (Å²) in [5.74, 6) is 0.326. The zero-order chi connectivity index (χ0) is 24.1. The maximum atomic E-state index is 13.3. The number of carbonyl (C=O) groups excluding carboxylic acids is 1. The fourth-order valence-electron chi connectivity index (χ4n) is 4.41. The molecule has 6 nitrogen and oxygen atoms in total. The zero-order valence-electron chi connectivity index (χ0n) is 19.5. The maximum Gasteiger partial charge on any atom is 0.243 e. The summed E-state index contributed by atoms with van der Waals surface area (Å²) in [6, 6.07) is 24.1. The first-order valence-corrected chi connectivity index (χ1v) is 12.9. The van der Waals surface area contributed by atoms with Gasteiger partial charge in [-0.2, -0.15) is 4.31 Å². The number of sulfonamides is 1. The number of nitrogens with zero attached hydrogens (tertiary/aromatic N) is 1. The van der Waals surface area contributed by atoms with Gasteiger partial charge >= 0.3 is 0 Å². The van der Waals surface area contributed by atoms with Crippen molar-refractivity contribution < 1.29 is 17.9 Å². The Balaban J connectivity index is 1.45. The molecule has 1 fully saturated rings. The molecule has 0 aromatic heterocycles. The van der Waals surface area contributed by atoms with Crippen molar-refractivity contribution in [3.05, 3.63) is 95.6 Å². The molecule has 1 aliphatic rings. The lowest BCUT2D eigenvalue weighted by Crippen LogP contribution is -2.43. The predicted octanol–water partition coefficient (Wildman–Crippen LogP) is 4.31. The summed E-state index contributed by atoms with van der Waals surface area (Å²) in [5, 5.41) is 3.24. The third kappa shape index (κ3) is 5.16. The Morgan fingerprint density at radius 1 is 0.941 bits per heavy atom. The summed E-state index contributed by atoms with van der Waals surface area (Å²) in [6.45, 7) is 2.67. The number of rotatable bonds is 7. The van der Waals surface area contributed by atoms with Crippen LogP contribution in [-0.2, 0) is 14.8 Å². The highest BCUT2D eigenvalue weighted by Crippen LogP contribution is 2.28. The number of nitrogens with one attached hydrogen (secondary N) is 1. The Labute approximate surface area is 201 Å². The van der Waals surface area contributed by atoms with Crippen LogP contribution in [-0.4, -0.2) is 38.8 Å². The second-order valence-electron chi connectivity index (χ2n) is 8.56. The van der Waals surface area contributed by atoms with Crippen LogP contribution in [0.1, 0.15) is 35.6 Å². The van der Waals surface area contributed by atoms with Gasteiger partial charge < -0.3 is 10.1 Å². The second-order valence-corrected chi connectivity index (χ2v) is 10.5. The smallest absolute Gasteiger partial charge is 0.243 e. The van der Waals surface area contributed by atoms with Crippen molar-refractivity contribution in [3.63, 3.8) is 0 Å². The molecule has 1 aliphatic heterocycles. The Morgan fingerprint density at radius 2 is 1.56 bits per heavy atom. The van der Waals surface area contributed by atoms with Crippen LogP contribution in [0.3, 0.4) is 0 Å². The Bertz CT molecular complexity index is 1220. The fraction of sp³-hybridized carbons (Fsp3) is 0.296. The molecule has 0 saturated carbocycles. The van der Waals surface area contributed by atoms with Gasteiger partial charge in [0.25, 0.3) is 0 Å². The van der Waals surface area contributed by atoms with Gasteiger partial charge in [-0.05, 0) is 60.7 Å².